The number of rotatable bonds is 5. The third-order valence-electron chi connectivity index (χ3n) is 2.86. The lowest BCUT2D eigenvalue weighted by Crippen LogP contribution is -2.31. The van der Waals surface area contributed by atoms with Gasteiger partial charge < -0.3 is 5.11 Å². The fraction of sp³-hybridized carbons (Fsp3) is 0.143. The number of nitrogens with one attached hydrogen (secondary N) is 1. The van der Waals surface area contributed by atoms with Crippen molar-refractivity contribution >= 4 is 21.6 Å². The Balaban J connectivity index is 2.34. The summed E-state index contributed by atoms with van der Waals surface area (Å²) in [5, 5.41) is 9.29. The second-order valence-corrected chi connectivity index (χ2v) is 6.43. The fourth-order valence-corrected chi connectivity index (χ4v) is 3.56. The molecule has 112 valence electrons. The molecule has 1 atom stereocenters. The molecular weight excluding hydrogens is 317 g/mol. The molecule has 2 N–H and O–H groups in total. The summed E-state index contributed by atoms with van der Waals surface area (Å²) in [6.45, 7) is -0.434. The molecule has 4 nitrogen and oxygen atoms in total. The van der Waals surface area contributed by atoms with Gasteiger partial charge in [0.25, 0.3) is 0 Å². The molecule has 0 saturated carbocycles. The van der Waals surface area contributed by atoms with Crippen LogP contribution in [0.4, 0.5) is 4.39 Å². The van der Waals surface area contributed by atoms with Gasteiger partial charge in [-0.05, 0) is 23.8 Å². The van der Waals surface area contributed by atoms with Crippen LogP contribution < -0.4 is 4.72 Å². The maximum Gasteiger partial charge on any atom is 0.242 e. The highest BCUT2D eigenvalue weighted by molar-refractivity contribution is 7.89. The van der Waals surface area contributed by atoms with Crippen molar-refractivity contribution in [1.82, 2.24) is 4.72 Å². The Bertz CT molecular complexity index is 722. The molecule has 0 bridgehead atoms. The molecule has 0 aliphatic heterocycles. The average Bonchev–Trinajstić information content (AvgIpc) is 2.48. The van der Waals surface area contributed by atoms with E-state index in [1.165, 1.54) is 6.07 Å². The van der Waals surface area contributed by atoms with Crippen LogP contribution in [0.3, 0.4) is 0 Å². The molecule has 0 amide bonds. The van der Waals surface area contributed by atoms with E-state index in [4.69, 9.17) is 11.6 Å². The second-order valence-electron chi connectivity index (χ2n) is 4.34. The Labute approximate surface area is 127 Å². The molecule has 21 heavy (non-hydrogen) atoms. The highest BCUT2D eigenvalue weighted by atomic mass is 35.5. The van der Waals surface area contributed by atoms with E-state index in [9.17, 15) is 17.9 Å². The van der Waals surface area contributed by atoms with E-state index >= 15 is 0 Å². The second kappa shape index (κ2) is 6.53. The Morgan fingerprint density at radius 3 is 2.48 bits per heavy atom. The minimum Gasteiger partial charge on any atom is -0.394 e. The van der Waals surface area contributed by atoms with E-state index in [0.717, 1.165) is 12.1 Å². The Morgan fingerprint density at radius 1 is 1.19 bits per heavy atom. The van der Waals surface area contributed by atoms with Gasteiger partial charge in [-0.15, -0.1) is 0 Å². The number of benzene rings is 2. The van der Waals surface area contributed by atoms with Gasteiger partial charge >= 0.3 is 0 Å². The number of halogens is 2. The molecule has 0 spiro atoms. The van der Waals surface area contributed by atoms with Gasteiger partial charge in [0.15, 0.2) is 0 Å². The van der Waals surface area contributed by atoms with Crippen molar-refractivity contribution in [2.75, 3.05) is 6.61 Å². The summed E-state index contributed by atoms with van der Waals surface area (Å²) in [5.41, 5.74) is 0.594. The van der Waals surface area contributed by atoms with Gasteiger partial charge in [-0.3, -0.25) is 0 Å². The molecule has 0 unspecified atom stereocenters. The van der Waals surface area contributed by atoms with Crippen molar-refractivity contribution in [1.29, 1.82) is 0 Å². The van der Waals surface area contributed by atoms with Crippen molar-refractivity contribution in [2.45, 2.75) is 10.9 Å². The molecule has 0 fully saturated rings. The molecular formula is C14H13ClFNO3S. The van der Waals surface area contributed by atoms with Gasteiger partial charge in [0.1, 0.15) is 10.7 Å². The average molecular weight is 330 g/mol. The first-order chi connectivity index (χ1) is 9.94. The van der Waals surface area contributed by atoms with E-state index in [-0.39, 0.29) is 9.92 Å². The highest BCUT2D eigenvalue weighted by Crippen LogP contribution is 2.24. The highest BCUT2D eigenvalue weighted by Gasteiger charge is 2.23. The predicted octanol–water partition coefficient (Wildman–Crippen LogP) is 2.49. The van der Waals surface area contributed by atoms with Crippen LogP contribution in [0.1, 0.15) is 11.6 Å². The molecule has 7 heteroatoms. The van der Waals surface area contributed by atoms with Crippen LogP contribution >= 0.6 is 11.6 Å². The molecule has 0 aromatic heterocycles. The Hall–Kier alpha value is -1.47. The molecule has 0 radical (unpaired) electrons. The largest absolute Gasteiger partial charge is 0.394 e. The standard InChI is InChI=1S/C14H13ClFNO3S/c15-12-7-6-11(16)8-14(12)21(19,20)17-13(9-18)10-4-2-1-3-5-10/h1-8,13,17-18H,9H2/t13-/m1/s1. The normalized spacial score (nSPS) is 13.1. The van der Waals surface area contributed by atoms with E-state index in [2.05, 4.69) is 4.72 Å². The summed E-state index contributed by atoms with van der Waals surface area (Å²) in [5.74, 6) is -0.708. The van der Waals surface area contributed by atoms with Gasteiger partial charge in [0, 0.05) is 0 Å². The van der Waals surface area contributed by atoms with Crippen LogP contribution in [-0.4, -0.2) is 20.1 Å². The number of hydrogen-bond acceptors (Lipinski definition) is 3. The van der Waals surface area contributed by atoms with Crippen molar-refractivity contribution in [3.63, 3.8) is 0 Å². The maximum absolute atomic E-state index is 13.2. The predicted molar refractivity (Wildman–Crippen MR) is 78.0 cm³/mol. The zero-order chi connectivity index (χ0) is 15.5. The van der Waals surface area contributed by atoms with Crippen LogP contribution in [0.2, 0.25) is 5.02 Å². The van der Waals surface area contributed by atoms with E-state index in [1.54, 1.807) is 30.3 Å². The van der Waals surface area contributed by atoms with E-state index < -0.39 is 28.5 Å². The quantitative estimate of drug-likeness (QED) is 0.885. The third-order valence-corrected chi connectivity index (χ3v) is 4.82. The van der Waals surface area contributed by atoms with Crippen LogP contribution in [0.25, 0.3) is 0 Å². The summed E-state index contributed by atoms with van der Waals surface area (Å²) in [6, 6.07) is 10.8. The van der Waals surface area contributed by atoms with E-state index in [1.807, 2.05) is 0 Å². The van der Waals surface area contributed by atoms with Gasteiger partial charge in [0.05, 0.1) is 17.7 Å². The summed E-state index contributed by atoms with van der Waals surface area (Å²) >= 11 is 5.81. The van der Waals surface area contributed by atoms with Crippen molar-refractivity contribution < 1.29 is 17.9 Å². The number of sulfonamides is 1. The first-order valence-corrected chi connectivity index (χ1v) is 7.93. The Kier molecular flexibility index (Phi) is 4.95. The van der Waals surface area contributed by atoms with Crippen LogP contribution in [-0.2, 0) is 10.0 Å². The Morgan fingerprint density at radius 2 is 1.86 bits per heavy atom. The molecule has 0 aliphatic rings. The van der Waals surface area contributed by atoms with Crippen molar-refractivity contribution in [3.8, 4) is 0 Å². The van der Waals surface area contributed by atoms with Crippen molar-refractivity contribution in [3.05, 3.63) is 64.9 Å². The van der Waals surface area contributed by atoms with Gasteiger partial charge in [-0.25, -0.2) is 17.5 Å². The SMILES string of the molecule is O=S(=O)(N[C@H](CO)c1ccccc1)c1cc(F)ccc1Cl. The molecule has 2 aromatic rings. The zero-order valence-electron chi connectivity index (χ0n) is 10.8. The zero-order valence-corrected chi connectivity index (χ0v) is 12.4. The number of hydrogen-bond donors (Lipinski definition) is 2. The summed E-state index contributed by atoms with van der Waals surface area (Å²) < 4.78 is 40.1. The van der Waals surface area contributed by atoms with E-state index in [0.29, 0.717) is 5.56 Å². The van der Waals surface area contributed by atoms with Crippen LogP contribution in [0.15, 0.2) is 53.4 Å². The lowest BCUT2D eigenvalue weighted by atomic mass is 10.1. The van der Waals surface area contributed by atoms with Crippen LogP contribution in [0.5, 0.6) is 0 Å². The molecule has 2 aromatic carbocycles. The summed E-state index contributed by atoms with van der Waals surface area (Å²) in [6.07, 6.45) is 0. The topological polar surface area (TPSA) is 66.4 Å². The fourth-order valence-electron chi connectivity index (χ4n) is 1.83. The molecule has 0 heterocycles. The minimum absolute atomic E-state index is 0.0892. The number of aliphatic hydroxyl groups excluding tert-OH is 1. The third kappa shape index (κ3) is 3.79. The van der Waals surface area contributed by atoms with Gasteiger partial charge in [0.2, 0.25) is 10.0 Å². The van der Waals surface area contributed by atoms with Gasteiger partial charge in [-0.2, -0.15) is 0 Å². The molecule has 0 saturated heterocycles. The molecule has 0 aliphatic carbocycles. The summed E-state index contributed by atoms with van der Waals surface area (Å²) in [4.78, 5) is -0.362. The summed E-state index contributed by atoms with van der Waals surface area (Å²) in [7, 11) is -4.05. The smallest absolute Gasteiger partial charge is 0.242 e. The molecule has 2 rings (SSSR count). The monoisotopic (exact) mass is 329 g/mol. The maximum atomic E-state index is 13.2. The first-order valence-electron chi connectivity index (χ1n) is 6.07. The lowest BCUT2D eigenvalue weighted by Gasteiger charge is -2.17. The first kappa shape index (κ1) is 15.9. The minimum atomic E-state index is -4.05. The number of aliphatic hydroxyl groups is 1. The lowest BCUT2D eigenvalue weighted by molar-refractivity contribution is 0.259. The van der Waals surface area contributed by atoms with Gasteiger partial charge in [-0.1, -0.05) is 41.9 Å². The van der Waals surface area contributed by atoms with Crippen LogP contribution in [0, 0.1) is 5.82 Å². The van der Waals surface area contributed by atoms with Crippen molar-refractivity contribution in [2.24, 2.45) is 0 Å².